The SMILES string of the molecule is CCCCC(CC)CC(CC(=O)O)(CC(CC)CCCC)SCCC(=O)O. The Morgan fingerprint density at radius 3 is 1.67 bits per heavy atom. The van der Waals surface area contributed by atoms with E-state index >= 15 is 0 Å². The molecule has 0 aliphatic carbocycles. The fraction of sp³-hybridized carbons (Fsp3) is 0.909. The standard InChI is InChI=1S/C22H42O4S/c1-5-9-11-18(7-3)15-22(17-21(25)26,27-14-13-20(23)24)16-19(8-4)12-10-6-2/h18-19H,5-17H2,1-4H3,(H,23,24)(H,25,26). The molecule has 0 aromatic rings. The average Bonchev–Trinajstić information content (AvgIpc) is 2.61. The third kappa shape index (κ3) is 12.4. The highest BCUT2D eigenvalue weighted by molar-refractivity contribution is 8.00. The van der Waals surface area contributed by atoms with Gasteiger partial charge >= 0.3 is 11.9 Å². The number of rotatable bonds is 18. The molecule has 0 spiro atoms. The van der Waals surface area contributed by atoms with Crippen molar-refractivity contribution < 1.29 is 19.8 Å². The van der Waals surface area contributed by atoms with Crippen molar-refractivity contribution in [3.05, 3.63) is 0 Å². The number of hydrogen-bond donors (Lipinski definition) is 2. The summed E-state index contributed by atoms with van der Waals surface area (Å²) in [5.74, 6) is -0.0243. The van der Waals surface area contributed by atoms with E-state index in [2.05, 4.69) is 27.7 Å². The van der Waals surface area contributed by atoms with Gasteiger partial charge in [-0.3, -0.25) is 9.59 Å². The van der Waals surface area contributed by atoms with E-state index in [1.54, 1.807) is 11.8 Å². The van der Waals surface area contributed by atoms with E-state index in [9.17, 15) is 14.7 Å². The largest absolute Gasteiger partial charge is 0.481 e. The van der Waals surface area contributed by atoms with Crippen LogP contribution in [-0.4, -0.2) is 32.7 Å². The molecule has 0 saturated heterocycles. The first-order chi connectivity index (χ1) is 12.8. The summed E-state index contributed by atoms with van der Waals surface area (Å²) in [5.41, 5.74) is 0. The minimum absolute atomic E-state index is 0.101. The second-order valence-electron chi connectivity index (χ2n) is 7.99. The van der Waals surface area contributed by atoms with Crippen molar-refractivity contribution in [2.45, 2.75) is 109 Å². The summed E-state index contributed by atoms with van der Waals surface area (Å²) < 4.78 is -0.343. The fourth-order valence-corrected chi connectivity index (χ4v) is 5.61. The molecule has 160 valence electrons. The van der Waals surface area contributed by atoms with Crippen molar-refractivity contribution >= 4 is 23.7 Å². The third-order valence-corrected chi connectivity index (χ3v) is 7.10. The maximum absolute atomic E-state index is 11.8. The maximum atomic E-state index is 11.8. The van der Waals surface area contributed by atoms with Crippen LogP contribution in [0.25, 0.3) is 0 Å². The Morgan fingerprint density at radius 2 is 1.33 bits per heavy atom. The zero-order chi connectivity index (χ0) is 20.7. The predicted molar refractivity (Wildman–Crippen MR) is 116 cm³/mol. The van der Waals surface area contributed by atoms with Crippen LogP contribution in [0.2, 0.25) is 0 Å². The van der Waals surface area contributed by atoms with Crippen LogP contribution in [-0.2, 0) is 9.59 Å². The van der Waals surface area contributed by atoms with Crippen molar-refractivity contribution in [2.75, 3.05) is 5.75 Å². The molecule has 0 fully saturated rings. The highest BCUT2D eigenvalue weighted by Crippen LogP contribution is 2.44. The van der Waals surface area contributed by atoms with Gasteiger partial charge in [-0.05, 0) is 24.7 Å². The zero-order valence-electron chi connectivity index (χ0n) is 18.0. The van der Waals surface area contributed by atoms with Crippen molar-refractivity contribution in [3.63, 3.8) is 0 Å². The minimum atomic E-state index is -0.803. The van der Waals surface area contributed by atoms with Gasteiger partial charge in [0.05, 0.1) is 12.8 Å². The van der Waals surface area contributed by atoms with Gasteiger partial charge in [0.25, 0.3) is 0 Å². The summed E-state index contributed by atoms with van der Waals surface area (Å²) in [7, 11) is 0. The number of unbranched alkanes of at least 4 members (excludes halogenated alkanes) is 2. The molecule has 5 heteroatoms. The topological polar surface area (TPSA) is 74.6 Å². The molecule has 0 rings (SSSR count). The normalized spacial score (nSPS) is 15.9. The summed E-state index contributed by atoms with van der Waals surface area (Å²) in [4.78, 5) is 22.8. The molecule has 2 N–H and O–H groups in total. The molecule has 0 aliphatic heterocycles. The van der Waals surface area contributed by atoms with Gasteiger partial charge in [0.15, 0.2) is 0 Å². The minimum Gasteiger partial charge on any atom is -0.481 e. The lowest BCUT2D eigenvalue weighted by Crippen LogP contribution is -2.34. The molecule has 0 radical (unpaired) electrons. The first kappa shape index (κ1) is 26.3. The molecule has 0 bridgehead atoms. The lowest BCUT2D eigenvalue weighted by Gasteiger charge is -2.38. The van der Waals surface area contributed by atoms with Gasteiger partial charge in [-0.1, -0.05) is 79.1 Å². The maximum Gasteiger partial charge on any atom is 0.304 e. The Labute approximate surface area is 170 Å². The molecule has 0 aromatic heterocycles. The van der Waals surface area contributed by atoms with Gasteiger partial charge in [0.2, 0.25) is 0 Å². The molecule has 0 amide bonds. The third-order valence-electron chi connectivity index (χ3n) is 5.61. The van der Waals surface area contributed by atoms with Crippen molar-refractivity contribution in [3.8, 4) is 0 Å². The molecule has 27 heavy (non-hydrogen) atoms. The number of aliphatic carboxylic acids is 2. The quantitative estimate of drug-likeness (QED) is 0.269. The van der Waals surface area contributed by atoms with Crippen LogP contribution < -0.4 is 0 Å². The summed E-state index contributed by atoms with van der Waals surface area (Å²) >= 11 is 1.62. The van der Waals surface area contributed by atoms with Crippen LogP contribution in [0.5, 0.6) is 0 Å². The van der Waals surface area contributed by atoms with E-state index in [1.165, 1.54) is 12.8 Å². The van der Waals surface area contributed by atoms with Crippen molar-refractivity contribution in [1.82, 2.24) is 0 Å². The van der Waals surface area contributed by atoms with Crippen molar-refractivity contribution in [2.24, 2.45) is 11.8 Å². The van der Waals surface area contributed by atoms with Gasteiger partial charge < -0.3 is 10.2 Å². The Kier molecular flexibility index (Phi) is 14.8. The highest BCUT2D eigenvalue weighted by atomic mass is 32.2. The number of carboxylic acid groups (broad SMARTS) is 2. The smallest absolute Gasteiger partial charge is 0.304 e. The Bertz CT molecular complexity index is 393. The molecule has 0 aromatic carbocycles. The lowest BCUT2D eigenvalue weighted by molar-refractivity contribution is -0.138. The lowest BCUT2D eigenvalue weighted by atomic mass is 9.79. The Hall–Kier alpha value is -0.710. The van der Waals surface area contributed by atoms with E-state index in [4.69, 9.17) is 5.11 Å². The molecular formula is C22H42O4S. The van der Waals surface area contributed by atoms with Crippen LogP contribution >= 0.6 is 11.8 Å². The Balaban J connectivity index is 5.46. The summed E-state index contributed by atoms with van der Waals surface area (Å²) in [5, 5.41) is 18.7. The number of carbonyl (C=O) groups is 2. The zero-order valence-corrected chi connectivity index (χ0v) is 18.8. The van der Waals surface area contributed by atoms with E-state index in [0.717, 1.165) is 51.4 Å². The molecular weight excluding hydrogens is 360 g/mol. The van der Waals surface area contributed by atoms with Crippen molar-refractivity contribution in [1.29, 1.82) is 0 Å². The fourth-order valence-electron chi connectivity index (χ4n) is 3.97. The summed E-state index contributed by atoms with van der Waals surface area (Å²) in [6.07, 6.45) is 11.1. The van der Waals surface area contributed by atoms with E-state index in [-0.39, 0.29) is 17.6 Å². The van der Waals surface area contributed by atoms with Gasteiger partial charge in [-0.15, -0.1) is 0 Å². The second kappa shape index (κ2) is 15.2. The van der Waals surface area contributed by atoms with E-state index in [0.29, 0.717) is 17.6 Å². The van der Waals surface area contributed by atoms with Gasteiger partial charge in [-0.2, -0.15) is 11.8 Å². The molecule has 0 heterocycles. The number of hydrogen-bond acceptors (Lipinski definition) is 3. The van der Waals surface area contributed by atoms with Gasteiger partial charge in [0.1, 0.15) is 0 Å². The van der Waals surface area contributed by atoms with Gasteiger partial charge in [0, 0.05) is 10.5 Å². The molecule has 2 unspecified atom stereocenters. The first-order valence-electron chi connectivity index (χ1n) is 10.9. The average molecular weight is 403 g/mol. The highest BCUT2D eigenvalue weighted by Gasteiger charge is 2.37. The van der Waals surface area contributed by atoms with Crippen LogP contribution in [0.1, 0.15) is 105 Å². The number of thioether (sulfide) groups is 1. The first-order valence-corrected chi connectivity index (χ1v) is 11.9. The van der Waals surface area contributed by atoms with Crippen LogP contribution in [0, 0.1) is 11.8 Å². The number of carboxylic acids is 2. The molecule has 2 atom stereocenters. The second-order valence-corrected chi connectivity index (χ2v) is 9.55. The van der Waals surface area contributed by atoms with Crippen LogP contribution in [0.4, 0.5) is 0 Å². The van der Waals surface area contributed by atoms with Crippen LogP contribution in [0.3, 0.4) is 0 Å². The molecule has 4 nitrogen and oxygen atoms in total. The summed E-state index contributed by atoms with van der Waals surface area (Å²) in [6, 6.07) is 0. The van der Waals surface area contributed by atoms with Crippen LogP contribution in [0.15, 0.2) is 0 Å². The van der Waals surface area contributed by atoms with Gasteiger partial charge in [-0.25, -0.2) is 0 Å². The monoisotopic (exact) mass is 402 g/mol. The molecule has 0 saturated carbocycles. The predicted octanol–water partition coefficient (Wildman–Crippen LogP) is 6.62. The van der Waals surface area contributed by atoms with E-state index < -0.39 is 11.9 Å². The summed E-state index contributed by atoms with van der Waals surface area (Å²) in [6.45, 7) is 8.78. The Morgan fingerprint density at radius 1 is 0.852 bits per heavy atom. The molecule has 0 aliphatic rings. The van der Waals surface area contributed by atoms with E-state index in [1.807, 2.05) is 0 Å².